The number of nitrogens with zero attached hydrogens (tertiary/aromatic N) is 1. The number of methoxy groups -OCH3 is 1. The maximum absolute atomic E-state index is 5.98. The molecule has 0 aliphatic rings. The van der Waals surface area contributed by atoms with Crippen LogP contribution in [0.4, 0.5) is 5.69 Å². The van der Waals surface area contributed by atoms with Crippen LogP contribution in [0.1, 0.15) is 5.56 Å². The second-order valence-electron chi connectivity index (χ2n) is 3.12. The quantitative estimate of drug-likeness (QED) is 0.762. The van der Waals surface area contributed by atoms with Gasteiger partial charge in [-0.3, -0.25) is 4.98 Å². The minimum atomic E-state index is -0.00688. The highest BCUT2D eigenvalue weighted by Gasteiger charge is 2.04. The summed E-state index contributed by atoms with van der Waals surface area (Å²) in [5, 5.41) is 3.24. The molecule has 0 aliphatic carbocycles. The van der Waals surface area contributed by atoms with Crippen molar-refractivity contribution in [2.75, 3.05) is 25.6 Å². The first-order valence-corrected chi connectivity index (χ1v) is 4.95. The Morgan fingerprint density at radius 3 is 3.07 bits per heavy atom. The number of anilines is 1. The summed E-state index contributed by atoms with van der Waals surface area (Å²) in [5.74, 6) is 0. The fourth-order valence-corrected chi connectivity index (χ4v) is 1.34. The van der Waals surface area contributed by atoms with Gasteiger partial charge in [0.1, 0.15) is 0 Å². The van der Waals surface area contributed by atoms with E-state index in [9.17, 15) is 0 Å². The van der Waals surface area contributed by atoms with E-state index < -0.39 is 0 Å². The lowest BCUT2D eigenvalue weighted by atomic mass is 10.2. The summed E-state index contributed by atoms with van der Waals surface area (Å²) in [7, 11) is 1.65. The average Bonchev–Trinajstić information content (AvgIpc) is 2.17. The summed E-state index contributed by atoms with van der Waals surface area (Å²) < 4.78 is 4.94. The lowest BCUT2D eigenvalue weighted by Crippen LogP contribution is -2.19. The monoisotopic (exact) mass is 214 g/mol. The Bertz CT molecular complexity index is 281. The van der Waals surface area contributed by atoms with Crippen molar-refractivity contribution in [2.24, 2.45) is 0 Å². The summed E-state index contributed by atoms with van der Waals surface area (Å²) in [6, 6.07) is 1.94. The normalized spacial score (nSPS) is 12.5. The predicted molar refractivity (Wildman–Crippen MR) is 59.0 cm³/mol. The van der Waals surface area contributed by atoms with Gasteiger partial charge in [-0.2, -0.15) is 0 Å². The lowest BCUT2D eigenvalue weighted by Gasteiger charge is -2.12. The number of aromatic nitrogens is 1. The molecular formula is C10H15ClN2O. The Morgan fingerprint density at radius 1 is 1.64 bits per heavy atom. The zero-order valence-electron chi connectivity index (χ0n) is 8.46. The summed E-state index contributed by atoms with van der Waals surface area (Å²) in [6.45, 7) is 3.26. The SMILES string of the molecule is COCC(Cl)CNc1ccncc1C. The second kappa shape index (κ2) is 5.83. The smallest absolute Gasteiger partial charge is 0.0741 e. The van der Waals surface area contributed by atoms with Gasteiger partial charge in [0.2, 0.25) is 0 Å². The molecule has 1 atom stereocenters. The molecule has 0 bridgehead atoms. The van der Waals surface area contributed by atoms with Gasteiger partial charge in [0.05, 0.1) is 12.0 Å². The summed E-state index contributed by atoms with van der Waals surface area (Å²) in [4.78, 5) is 4.01. The van der Waals surface area contributed by atoms with E-state index in [-0.39, 0.29) is 5.38 Å². The highest BCUT2D eigenvalue weighted by atomic mass is 35.5. The molecule has 0 aromatic carbocycles. The van der Waals surface area contributed by atoms with E-state index in [1.54, 1.807) is 13.3 Å². The van der Waals surface area contributed by atoms with E-state index in [0.717, 1.165) is 11.3 Å². The average molecular weight is 215 g/mol. The van der Waals surface area contributed by atoms with Crippen molar-refractivity contribution in [3.63, 3.8) is 0 Å². The minimum absolute atomic E-state index is 0.00688. The Labute approximate surface area is 89.4 Å². The summed E-state index contributed by atoms with van der Waals surface area (Å²) >= 11 is 5.98. The van der Waals surface area contributed by atoms with E-state index in [4.69, 9.17) is 16.3 Å². The first-order valence-electron chi connectivity index (χ1n) is 4.51. The second-order valence-corrected chi connectivity index (χ2v) is 3.74. The van der Waals surface area contributed by atoms with Crippen LogP contribution in [0.15, 0.2) is 18.5 Å². The van der Waals surface area contributed by atoms with Crippen molar-refractivity contribution < 1.29 is 4.74 Å². The van der Waals surface area contributed by atoms with Crippen LogP contribution in [-0.2, 0) is 4.74 Å². The molecule has 0 amide bonds. The maximum atomic E-state index is 5.98. The summed E-state index contributed by atoms with van der Waals surface area (Å²) in [5.41, 5.74) is 2.19. The minimum Gasteiger partial charge on any atom is -0.383 e. The molecule has 1 unspecified atom stereocenters. The zero-order chi connectivity index (χ0) is 10.4. The molecule has 4 heteroatoms. The number of ether oxygens (including phenoxy) is 1. The van der Waals surface area contributed by atoms with E-state index in [1.165, 1.54) is 0 Å². The third-order valence-electron chi connectivity index (χ3n) is 1.88. The van der Waals surface area contributed by atoms with Crippen LogP contribution >= 0.6 is 11.6 Å². The molecule has 0 spiro atoms. The largest absolute Gasteiger partial charge is 0.383 e. The first kappa shape index (κ1) is 11.3. The highest BCUT2D eigenvalue weighted by Crippen LogP contribution is 2.11. The third kappa shape index (κ3) is 3.52. The molecule has 1 rings (SSSR count). The Kier molecular flexibility index (Phi) is 4.70. The van der Waals surface area contributed by atoms with Gasteiger partial charge < -0.3 is 10.1 Å². The number of pyridine rings is 1. The number of nitrogens with one attached hydrogen (secondary N) is 1. The molecule has 0 radical (unpaired) electrons. The molecule has 78 valence electrons. The van der Waals surface area contributed by atoms with E-state index in [1.807, 2.05) is 19.2 Å². The van der Waals surface area contributed by atoms with Gasteiger partial charge in [-0.05, 0) is 18.6 Å². The highest BCUT2D eigenvalue weighted by molar-refractivity contribution is 6.21. The third-order valence-corrected chi connectivity index (χ3v) is 2.16. The molecule has 1 aromatic rings. The van der Waals surface area contributed by atoms with Crippen molar-refractivity contribution in [3.05, 3.63) is 24.0 Å². The molecule has 1 N–H and O–H groups in total. The fourth-order valence-electron chi connectivity index (χ4n) is 1.13. The Morgan fingerprint density at radius 2 is 2.43 bits per heavy atom. The van der Waals surface area contributed by atoms with E-state index in [2.05, 4.69) is 10.3 Å². The summed E-state index contributed by atoms with van der Waals surface area (Å²) in [6.07, 6.45) is 3.58. The van der Waals surface area contributed by atoms with Crippen LogP contribution in [0.2, 0.25) is 0 Å². The Balaban J connectivity index is 2.41. The van der Waals surface area contributed by atoms with Crippen LogP contribution in [0.5, 0.6) is 0 Å². The number of hydrogen-bond acceptors (Lipinski definition) is 3. The van der Waals surface area contributed by atoms with Gasteiger partial charge in [-0.15, -0.1) is 11.6 Å². The van der Waals surface area contributed by atoms with Crippen molar-refractivity contribution in [2.45, 2.75) is 12.3 Å². The van der Waals surface area contributed by atoms with Crippen molar-refractivity contribution >= 4 is 17.3 Å². The number of rotatable bonds is 5. The molecular weight excluding hydrogens is 200 g/mol. The molecule has 0 saturated carbocycles. The van der Waals surface area contributed by atoms with Crippen LogP contribution in [-0.4, -0.2) is 30.6 Å². The standard InChI is InChI=1S/C10H15ClN2O/c1-8-5-12-4-3-10(8)13-6-9(11)7-14-2/h3-5,9H,6-7H2,1-2H3,(H,12,13). The fraction of sp³-hybridized carbons (Fsp3) is 0.500. The van der Waals surface area contributed by atoms with Crippen molar-refractivity contribution in [1.29, 1.82) is 0 Å². The zero-order valence-corrected chi connectivity index (χ0v) is 9.21. The lowest BCUT2D eigenvalue weighted by molar-refractivity contribution is 0.200. The van der Waals surface area contributed by atoms with Crippen molar-refractivity contribution in [3.8, 4) is 0 Å². The van der Waals surface area contributed by atoms with Gasteiger partial charge in [0.15, 0.2) is 0 Å². The van der Waals surface area contributed by atoms with Gasteiger partial charge in [-0.25, -0.2) is 0 Å². The van der Waals surface area contributed by atoms with Crippen LogP contribution in [0.25, 0.3) is 0 Å². The van der Waals surface area contributed by atoms with Crippen LogP contribution in [0, 0.1) is 6.92 Å². The molecule has 14 heavy (non-hydrogen) atoms. The topological polar surface area (TPSA) is 34.1 Å². The van der Waals surface area contributed by atoms with Crippen molar-refractivity contribution in [1.82, 2.24) is 4.98 Å². The number of hydrogen-bond donors (Lipinski definition) is 1. The first-order chi connectivity index (χ1) is 6.74. The number of alkyl halides is 1. The van der Waals surface area contributed by atoms with Gasteiger partial charge in [0, 0.05) is 31.7 Å². The molecule has 0 aliphatic heterocycles. The maximum Gasteiger partial charge on any atom is 0.0741 e. The molecule has 0 saturated heterocycles. The number of halogens is 1. The van der Waals surface area contributed by atoms with Gasteiger partial charge in [0.25, 0.3) is 0 Å². The number of aryl methyl sites for hydroxylation is 1. The van der Waals surface area contributed by atoms with Crippen LogP contribution in [0.3, 0.4) is 0 Å². The molecule has 1 aromatic heterocycles. The van der Waals surface area contributed by atoms with Crippen LogP contribution < -0.4 is 5.32 Å². The Hall–Kier alpha value is -0.800. The van der Waals surface area contributed by atoms with E-state index in [0.29, 0.717) is 13.2 Å². The predicted octanol–water partition coefficient (Wildman–Crippen LogP) is 2.06. The molecule has 0 fully saturated rings. The molecule has 1 heterocycles. The van der Waals surface area contributed by atoms with Gasteiger partial charge in [-0.1, -0.05) is 0 Å². The van der Waals surface area contributed by atoms with Gasteiger partial charge >= 0.3 is 0 Å². The van der Waals surface area contributed by atoms with E-state index >= 15 is 0 Å². The molecule has 3 nitrogen and oxygen atoms in total.